The Labute approximate surface area is 97.8 Å². The van der Waals surface area contributed by atoms with Crippen LogP contribution < -0.4 is 10.2 Å². The first-order chi connectivity index (χ1) is 6.70. The van der Waals surface area contributed by atoms with Gasteiger partial charge in [-0.25, -0.2) is 4.79 Å². The Kier molecular flexibility index (Phi) is 5.42. The van der Waals surface area contributed by atoms with Crippen molar-refractivity contribution in [1.82, 2.24) is 5.32 Å². The summed E-state index contributed by atoms with van der Waals surface area (Å²) < 4.78 is 5.46. The normalized spacial score (nSPS) is 17.8. The molecule has 0 saturated carbocycles. The molecule has 1 aliphatic heterocycles. The molecule has 0 aliphatic carbocycles. The maximum atomic E-state index is 11.0. The van der Waals surface area contributed by atoms with Gasteiger partial charge >= 0.3 is 5.97 Å². The van der Waals surface area contributed by atoms with Gasteiger partial charge in [0.05, 0.1) is 16.7 Å². The predicted molar refractivity (Wildman–Crippen MR) is 62.6 cm³/mol. The van der Waals surface area contributed by atoms with Gasteiger partial charge in [0, 0.05) is 13.1 Å². The maximum Gasteiger partial charge on any atom is 0.343 e. The molecule has 0 radical (unpaired) electrons. The van der Waals surface area contributed by atoms with E-state index < -0.39 is 0 Å². The molecule has 0 atom stereocenters. The molecule has 1 rings (SSSR count). The Bertz CT molecular complexity index is 215. The number of piperazine rings is 1. The lowest BCUT2D eigenvalue weighted by Crippen LogP contribution is -3.15. The molecule has 0 aromatic heterocycles. The zero-order valence-electron chi connectivity index (χ0n) is 8.14. The minimum absolute atomic E-state index is 0.292. The summed E-state index contributed by atoms with van der Waals surface area (Å²) in [5, 5.41) is 3.29. The number of carbonyl (C=O) groups is 1. The van der Waals surface area contributed by atoms with Crippen LogP contribution in [-0.2, 0) is 9.53 Å². The fourth-order valence-electron chi connectivity index (χ4n) is 1.40. The average Bonchev–Trinajstić information content (AvgIpc) is 2.19. The summed E-state index contributed by atoms with van der Waals surface area (Å²) >= 11 is 1.88. The number of hydrogen-bond donors (Lipinski definition) is 2. The van der Waals surface area contributed by atoms with Gasteiger partial charge in [-0.1, -0.05) is 6.58 Å². The quantitative estimate of drug-likeness (QED) is 0.396. The number of quaternary nitrogens is 1. The van der Waals surface area contributed by atoms with Crippen molar-refractivity contribution in [3.63, 3.8) is 0 Å². The van der Waals surface area contributed by atoms with Crippen LogP contribution in [0.1, 0.15) is 0 Å². The highest BCUT2D eigenvalue weighted by molar-refractivity contribution is 14.1. The monoisotopic (exact) mass is 311 g/mol. The Morgan fingerprint density at radius 3 is 2.71 bits per heavy atom. The molecule has 1 aliphatic rings. The van der Waals surface area contributed by atoms with Crippen LogP contribution in [0.15, 0.2) is 10.2 Å². The third kappa shape index (κ3) is 4.39. The SMILES string of the molecule is C=C(I)C(=O)OCC[NH+]1CCNCC1. The van der Waals surface area contributed by atoms with Crippen LogP contribution >= 0.6 is 22.6 Å². The first kappa shape index (κ1) is 11.9. The first-order valence-electron chi connectivity index (χ1n) is 4.76. The highest BCUT2D eigenvalue weighted by atomic mass is 127. The van der Waals surface area contributed by atoms with E-state index in [1.54, 1.807) is 0 Å². The molecular formula is C9H16IN2O2+. The fraction of sp³-hybridized carbons (Fsp3) is 0.667. The molecule has 1 heterocycles. The van der Waals surface area contributed by atoms with Crippen molar-refractivity contribution in [3.05, 3.63) is 10.2 Å². The lowest BCUT2D eigenvalue weighted by Gasteiger charge is -2.23. The number of rotatable bonds is 4. The Hall–Kier alpha value is -0.140. The third-order valence-electron chi connectivity index (χ3n) is 2.22. The first-order valence-corrected chi connectivity index (χ1v) is 5.84. The summed E-state index contributed by atoms with van der Waals surface area (Å²) in [6.45, 7) is 9.26. The van der Waals surface area contributed by atoms with Crippen LogP contribution in [-0.4, -0.2) is 45.3 Å². The zero-order chi connectivity index (χ0) is 10.4. The topological polar surface area (TPSA) is 42.8 Å². The summed E-state index contributed by atoms with van der Waals surface area (Å²) in [5.41, 5.74) is 0. The molecule has 5 heteroatoms. The molecule has 0 spiro atoms. The molecule has 4 nitrogen and oxygen atoms in total. The van der Waals surface area contributed by atoms with Gasteiger partial charge in [0.1, 0.15) is 13.2 Å². The molecule has 0 bridgehead atoms. The number of carbonyl (C=O) groups excluding carboxylic acids is 1. The molecular weight excluding hydrogens is 295 g/mol. The molecule has 0 aromatic carbocycles. The molecule has 0 unspecified atom stereocenters. The Morgan fingerprint density at radius 2 is 2.14 bits per heavy atom. The van der Waals surface area contributed by atoms with E-state index >= 15 is 0 Å². The summed E-state index contributed by atoms with van der Waals surface area (Å²) in [7, 11) is 0. The van der Waals surface area contributed by atoms with Crippen molar-refractivity contribution in [2.45, 2.75) is 0 Å². The molecule has 1 fully saturated rings. The van der Waals surface area contributed by atoms with Crippen LogP contribution in [0.3, 0.4) is 0 Å². The Morgan fingerprint density at radius 1 is 1.50 bits per heavy atom. The maximum absolute atomic E-state index is 11.0. The minimum atomic E-state index is -0.292. The van der Waals surface area contributed by atoms with E-state index in [0.29, 0.717) is 10.2 Å². The van der Waals surface area contributed by atoms with Crippen LogP contribution in [0.25, 0.3) is 0 Å². The van der Waals surface area contributed by atoms with Gasteiger partial charge in [-0.2, -0.15) is 0 Å². The second-order valence-electron chi connectivity index (χ2n) is 3.29. The summed E-state index contributed by atoms with van der Waals surface area (Å²) in [4.78, 5) is 12.5. The van der Waals surface area contributed by atoms with Gasteiger partial charge in [0.2, 0.25) is 0 Å². The number of nitrogens with one attached hydrogen (secondary N) is 2. The van der Waals surface area contributed by atoms with Crippen molar-refractivity contribution in [2.75, 3.05) is 39.3 Å². The minimum Gasteiger partial charge on any atom is -0.456 e. The van der Waals surface area contributed by atoms with E-state index in [1.807, 2.05) is 22.6 Å². The molecule has 0 amide bonds. The lowest BCUT2D eigenvalue weighted by atomic mass is 10.4. The number of hydrogen-bond acceptors (Lipinski definition) is 3. The van der Waals surface area contributed by atoms with E-state index in [4.69, 9.17) is 4.74 Å². The van der Waals surface area contributed by atoms with Crippen LogP contribution in [0.2, 0.25) is 0 Å². The average molecular weight is 311 g/mol. The summed E-state index contributed by atoms with van der Waals surface area (Å²) in [5.74, 6) is -0.292. The van der Waals surface area contributed by atoms with Gasteiger partial charge in [0.15, 0.2) is 0 Å². The molecule has 14 heavy (non-hydrogen) atoms. The Balaban J connectivity index is 2.08. The lowest BCUT2D eigenvalue weighted by molar-refractivity contribution is -0.901. The molecule has 2 N–H and O–H groups in total. The van der Waals surface area contributed by atoms with E-state index in [0.717, 1.165) is 32.7 Å². The zero-order valence-corrected chi connectivity index (χ0v) is 10.3. The highest BCUT2D eigenvalue weighted by Crippen LogP contribution is 2.02. The van der Waals surface area contributed by atoms with Crippen molar-refractivity contribution < 1.29 is 14.4 Å². The molecule has 80 valence electrons. The third-order valence-corrected chi connectivity index (χ3v) is 2.66. The smallest absolute Gasteiger partial charge is 0.343 e. The largest absolute Gasteiger partial charge is 0.456 e. The number of ether oxygens (including phenoxy) is 1. The van der Waals surface area contributed by atoms with Crippen molar-refractivity contribution >= 4 is 28.6 Å². The van der Waals surface area contributed by atoms with Crippen LogP contribution in [0.4, 0.5) is 0 Å². The standard InChI is InChI=1S/C9H15IN2O2/c1-8(10)9(13)14-7-6-12-4-2-11-3-5-12/h11H,1-7H2/p+1. The van der Waals surface area contributed by atoms with Gasteiger partial charge in [-0.05, 0) is 22.6 Å². The summed E-state index contributed by atoms with van der Waals surface area (Å²) in [6.07, 6.45) is 0. The second kappa shape index (κ2) is 6.36. The van der Waals surface area contributed by atoms with Crippen LogP contribution in [0, 0.1) is 0 Å². The number of esters is 1. The van der Waals surface area contributed by atoms with Crippen molar-refractivity contribution in [1.29, 1.82) is 0 Å². The molecule has 0 aromatic rings. The van der Waals surface area contributed by atoms with Gasteiger partial charge < -0.3 is 15.0 Å². The summed E-state index contributed by atoms with van der Waals surface area (Å²) in [6, 6.07) is 0. The van der Waals surface area contributed by atoms with Gasteiger partial charge in [-0.15, -0.1) is 0 Å². The highest BCUT2D eigenvalue weighted by Gasteiger charge is 2.13. The van der Waals surface area contributed by atoms with E-state index in [1.165, 1.54) is 4.90 Å². The van der Waals surface area contributed by atoms with Gasteiger partial charge in [0.25, 0.3) is 0 Å². The van der Waals surface area contributed by atoms with Crippen LogP contribution in [0.5, 0.6) is 0 Å². The molecule has 1 saturated heterocycles. The van der Waals surface area contributed by atoms with Crippen molar-refractivity contribution in [2.24, 2.45) is 0 Å². The van der Waals surface area contributed by atoms with E-state index in [9.17, 15) is 4.79 Å². The fourth-order valence-corrected chi connectivity index (χ4v) is 1.55. The van der Waals surface area contributed by atoms with Gasteiger partial charge in [-0.3, -0.25) is 0 Å². The van der Waals surface area contributed by atoms with E-state index in [2.05, 4.69) is 11.9 Å². The number of halogens is 1. The second-order valence-corrected chi connectivity index (χ2v) is 4.59. The predicted octanol–water partition coefficient (Wildman–Crippen LogP) is -1.03. The van der Waals surface area contributed by atoms with Crippen molar-refractivity contribution in [3.8, 4) is 0 Å². The van der Waals surface area contributed by atoms with E-state index in [-0.39, 0.29) is 5.97 Å².